The van der Waals surface area contributed by atoms with Gasteiger partial charge in [0.05, 0.1) is 23.7 Å². The lowest BCUT2D eigenvalue weighted by Gasteiger charge is -2.14. The molecule has 0 aromatic carbocycles. The summed E-state index contributed by atoms with van der Waals surface area (Å²) in [6.45, 7) is -0.380. The quantitative estimate of drug-likeness (QED) is 0.707. The number of aliphatic hydroxyl groups is 2. The van der Waals surface area contributed by atoms with Gasteiger partial charge in [0.15, 0.2) is 0 Å². The molecule has 1 heterocycles. The van der Waals surface area contributed by atoms with Crippen molar-refractivity contribution in [2.45, 2.75) is 6.04 Å². The summed E-state index contributed by atoms with van der Waals surface area (Å²) in [4.78, 5) is 7.64. The second-order valence-electron chi connectivity index (χ2n) is 2.53. The van der Waals surface area contributed by atoms with Gasteiger partial charge < -0.3 is 15.5 Å². The Morgan fingerprint density at radius 3 is 2.64 bits per heavy atom. The molecule has 1 aromatic rings. The Hall–Kier alpha value is -0.430. The second-order valence-corrected chi connectivity index (χ2v) is 3.68. The van der Waals surface area contributed by atoms with E-state index >= 15 is 0 Å². The molecular weight excluding hydrogens is 273 g/mol. The second kappa shape index (κ2) is 5.45. The SMILES string of the molecule is OCC(CO)Nc1ncnc(Cl)c1Br. The molecule has 0 aliphatic carbocycles. The molecule has 0 unspecified atom stereocenters. The van der Waals surface area contributed by atoms with E-state index in [1.165, 1.54) is 6.33 Å². The van der Waals surface area contributed by atoms with E-state index in [9.17, 15) is 0 Å². The van der Waals surface area contributed by atoms with Gasteiger partial charge in [-0.25, -0.2) is 9.97 Å². The van der Waals surface area contributed by atoms with Crippen molar-refractivity contribution < 1.29 is 10.2 Å². The van der Waals surface area contributed by atoms with Gasteiger partial charge in [-0.15, -0.1) is 0 Å². The van der Waals surface area contributed by atoms with Crippen molar-refractivity contribution in [3.05, 3.63) is 16.0 Å². The number of hydrogen-bond donors (Lipinski definition) is 3. The molecular formula is C7H9BrClN3O2. The van der Waals surface area contributed by atoms with Gasteiger partial charge >= 0.3 is 0 Å². The summed E-state index contributed by atoms with van der Waals surface area (Å²) in [7, 11) is 0. The predicted octanol–water partition coefficient (Wildman–Crippen LogP) is 0.658. The minimum Gasteiger partial charge on any atom is -0.394 e. The van der Waals surface area contributed by atoms with Gasteiger partial charge in [-0.1, -0.05) is 11.6 Å². The summed E-state index contributed by atoms with van der Waals surface area (Å²) >= 11 is 8.91. The summed E-state index contributed by atoms with van der Waals surface area (Å²) in [5.41, 5.74) is 0. The van der Waals surface area contributed by atoms with E-state index in [1.807, 2.05) is 0 Å². The van der Waals surface area contributed by atoms with Crippen molar-refractivity contribution in [3.63, 3.8) is 0 Å². The zero-order valence-corrected chi connectivity index (χ0v) is 9.46. The van der Waals surface area contributed by atoms with Crippen molar-refractivity contribution >= 4 is 33.3 Å². The summed E-state index contributed by atoms with van der Waals surface area (Å²) < 4.78 is 0.508. The molecule has 1 aromatic heterocycles. The Labute approximate surface area is 94.3 Å². The van der Waals surface area contributed by atoms with E-state index in [-0.39, 0.29) is 18.4 Å². The van der Waals surface area contributed by atoms with Crippen LogP contribution in [0.4, 0.5) is 5.82 Å². The topological polar surface area (TPSA) is 78.3 Å². The van der Waals surface area contributed by atoms with Gasteiger partial charge in [0.2, 0.25) is 0 Å². The molecule has 5 nitrogen and oxygen atoms in total. The van der Waals surface area contributed by atoms with E-state index in [4.69, 9.17) is 21.8 Å². The van der Waals surface area contributed by atoms with Crippen LogP contribution in [0.5, 0.6) is 0 Å². The highest BCUT2D eigenvalue weighted by Crippen LogP contribution is 2.26. The molecule has 14 heavy (non-hydrogen) atoms. The number of hydrogen-bond acceptors (Lipinski definition) is 5. The predicted molar refractivity (Wildman–Crippen MR) is 56.3 cm³/mol. The van der Waals surface area contributed by atoms with Gasteiger partial charge in [0.1, 0.15) is 17.3 Å². The van der Waals surface area contributed by atoms with Gasteiger partial charge in [-0.2, -0.15) is 0 Å². The zero-order chi connectivity index (χ0) is 10.6. The van der Waals surface area contributed by atoms with Crippen LogP contribution in [0.2, 0.25) is 5.15 Å². The highest BCUT2D eigenvalue weighted by Gasteiger charge is 2.11. The standard InChI is InChI=1S/C7H9BrClN3O2/c8-5-6(9)10-3-11-7(5)12-4(1-13)2-14/h3-4,13-14H,1-2H2,(H,10,11,12). The first-order valence-electron chi connectivity index (χ1n) is 3.83. The molecule has 0 fully saturated rings. The third kappa shape index (κ3) is 2.78. The molecule has 7 heteroatoms. The number of aromatic nitrogens is 2. The maximum absolute atomic E-state index is 8.83. The molecule has 0 radical (unpaired) electrons. The van der Waals surface area contributed by atoms with Gasteiger partial charge in [0, 0.05) is 0 Å². The van der Waals surface area contributed by atoms with Crippen molar-refractivity contribution in [1.29, 1.82) is 0 Å². The first kappa shape index (κ1) is 11.6. The fourth-order valence-corrected chi connectivity index (χ4v) is 1.24. The van der Waals surface area contributed by atoms with Crippen LogP contribution in [0.25, 0.3) is 0 Å². The maximum Gasteiger partial charge on any atom is 0.148 e. The third-order valence-electron chi connectivity index (χ3n) is 1.53. The Morgan fingerprint density at radius 1 is 1.43 bits per heavy atom. The first-order chi connectivity index (χ1) is 6.69. The summed E-state index contributed by atoms with van der Waals surface area (Å²) in [6.07, 6.45) is 1.29. The smallest absolute Gasteiger partial charge is 0.148 e. The number of rotatable bonds is 4. The normalized spacial score (nSPS) is 10.6. The molecule has 0 saturated carbocycles. The van der Waals surface area contributed by atoms with Crippen molar-refractivity contribution in [2.24, 2.45) is 0 Å². The molecule has 0 aliphatic rings. The fraction of sp³-hybridized carbons (Fsp3) is 0.429. The summed E-state index contributed by atoms with van der Waals surface area (Å²) in [5.74, 6) is 0.443. The highest BCUT2D eigenvalue weighted by molar-refractivity contribution is 9.10. The number of nitrogens with zero attached hydrogens (tertiary/aromatic N) is 2. The van der Waals surface area contributed by atoms with Gasteiger partial charge in [0.25, 0.3) is 0 Å². The van der Waals surface area contributed by atoms with E-state index < -0.39 is 6.04 Å². The number of anilines is 1. The lowest BCUT2D eigenvalue weighted by atomic mass is 10.3. The first-order valence-corrected chi connectivity index (χ1v) is 5.00. The Balaban J connectivity index is 2.80. The monoisotopic (exact) mass is 281 g/mol. The molecule has 3 N–H and O–H groups in total. The van der Waals surface area contributed by atoms with Crippen molar-refractivity contribution in [3.8, 4) is 0 Å². The van der Waals surface area contributed by atoms with Crippen LogP contribution in [0, 0.1) is 0 Å². The van der Waals surface area contributed by atoms with Gasteiger partial charge in [-0.05, 0) is 15.9 Å². The molecule has 78 valence electrons. The zero-order valence-electron chi connectivity index (χ0n) is 7.11. The van der Waals surface area contributed by atoms with Crippen LogP contribution in [0.3, 0.4) is 0 Å². The van der Waals surface area contributed by atoms with Crippen LogP contribution < -0.4 is 5.32 Å². The third-order valence-corrected chi connectivity index (χ3v) is 2.79. The minimum absolute atomic E-state index is 0.190. The molecule has 0 amide bonds. The summed E-state index contributed by atoms with van der Waals surface area (Å²) in [5, 5.41) is 20.7. The van der Waals surface area contributed by atoms with Crippen LogP contribution in [0.15, 0.2) is 10.8 Å². The Bertz CT molecular complexity index is 309. The number of halogens is 2. The van der Waals surface area contributed by atoms with E-state index in [1.54, 1.807) is 0 Å². The van der Waals surface area contributed by atoms with E-state index in [2.05, 4.69) is 31.2 Å². The molecule has 0 atom stereocenters. The highest BCUT2D eigenvalue weighted by atomic mass is 79.9. The van der Waals surface area contributed by atoms with Crippen molar-refractivity contribution in [2.75, 3.05) is 18.5 Å². The van der Waals surface area contributed by atoms with Gasteiger partial charge in [-0.3, -0.25) is 0 Å². The molecule has 0 bridgehead atoms. The summed E-state index contributed by atoms with van der Waals surface area (Å²) in [6, 6.07) is -0.461. The molecule has 0 aliphatic heterocycles. The van der Waals surface area contributed by atoms with E-state index in [0.29, 0.717) is 10.3 Å². The van der Waals surface area contributed by atoms with Crippen LogP contribution in [0.1, 0.15) is 0 Å². The maximum atomic E-state index is 8.83. The molecule has 1 rings (SSSR count). The van der Waals surface area contributed by atoms with Crippen molar-refractivity contribution in [1.82, 2.24) is 9.97 Å². The molecule has 0 spiro atoms. The fourth-order valence-electron chi connectivity index (χ4n) is 0.791. The number of aliphatic hydroxyl groups excluding tert-OH is 2. The minimum atomic E-state index is -0.461. The Morgan fingerprint density at radius 2 is 2.07 bits per heavy atom. The van der Waals surface area contributed by atoms with Crippen LogP contribution >= 0.6 is 27.5 Å². The van der Waals surface area contributed by atoms with E-state index in [0.717, 1.165) is 0 Å². The average molecular weight is 283 g/mol. The average Bonchev–Trinajstić information content (AvgIpc) is 2.20. The number of nitrogens with one attached hydrogen (secondary N) is 1. The molecule has 0 saturated heterocycles. The largest absolute Gasteiger partial charge is 0.394 e. The van der Waals surface area contributed by atoms with Crippen LogP contribution in [-0.4, -0.2) is 39.4 Å². The van der Waals surface area contributed by atoms with Crippen LogP contribution in [-0.2, 0) is 0 Å². The lowest BCUT2D eigenvalue weighted by molar-refractivity contribution is 0.203. The Kier molecular flexibility index (Phi) is 4.53. The lowest BCUT2D eigenvalue weighted by Crippen LogP contribution is -2.28.